The second-order valence-corrected chi connectivity index (χ2v) is 8.39. The summed E-state index contributed by atoms with van der Waals surface area (Å²) in [6.45, 7) is 6.46. The molecule has 2 aromatic rings. The van der Waals surface area contributed by atoms with Crippen molar-refractivity contribution in [1.29, 1.82) is 0 Å². The topological polar surface area (TPSA) is 70.7 Å². The van der Waals surface area contributed by atoms with Crippen molar-refractivity contribution in [3.63, 3.8) is 0 Å². The summed E-state index contributed by atoms with van der Waals surface area (Å²) in [6, 6.07) is 13.2. The summed E-state index contributed by atoms with van der Waals surface area (Å²) in [5.41, 5.74) is 4.14. The van der Waals surface area contributed by atoms with Crippen LogP contribution in [0.2, 0.25) is 0 Å². The Hall–Kier alpha value is -2.57. The fourth-order valence-electron chi connectivity index (χ4n) is 3.89. The first kappa shape index (κ1) is 25.7. The molecule has 2 amide bonds. The zero-order valence-electron chi connectivity index (χ0n) is 19.5. The molecule has 0 aromatic heterocycles. The lowest BCUT2D eigenvalue weighted by molar-refractivity contribution is -0.128. The van der Waals surface area contributed by atoms with Crippen molar-refractivity contribution < 1.29 is 14.3 Å². The third-order valence-electron chi connectivity index (χ3n) is 5.99. The van der Waals surface area contributed by atoms with E-state index in [-0.39, 0.29) is 30.3 Å². The molecule has 6 nitrogen and oxygen atoms in total. The Morgan fingerprint density at radius 2 is 1.91 bits per heavy atom. The van der Waals surface area contributed by atoms with E-state index in [2.05, 4.69) is 42.7 Å². The van der Waals surface area contributed by atoms with Crippen molar-refractivity contribution in [1.82, 2.24) is 10.6 Å². The summed E-state index contributed by atoms with van der Waals surface area (Å²) >= 11 is 0. The first-order valence-electron chi connectivity index (χ1n) is 10.9. The molecule has 1 aliphatic rings. The van der Waals surface area contributed by atoms with Crippen molar-refractivity contribution in [3.8, 4) is 5.75 Å². The highest BCUT2D eigenvalue weighted by molar-refractivity contribution is 6.00. The molecule has 2 unspecified atom stereocenters. The maximum Gasteiger partial charge on any atom is 0.249 e. The summed E-state index contributed by atoms with van der Waals surface area (Å²) in [5, 5.41) is 5.88. The number of benzene rings is 2. The first-order valence-corrected chi connectivity index (χ1v) is 10.9. The molecule has 174 valence electrons. The third kappa shape index (κ3) is 5.61. The van der Waals surface area contributed by atoms with Gasteiger partial charge in [-0.3, -0.25) is 9.59 Å². The van der Waals surface area contributed by atoms with Crippen LogP contribution in [0.5, 0.6) is 5.75 Å². The molecule has 0 aliphatic carbocycles. The number of carbonyl (C=O) groups excluding carboxylic acids is 2. The lowest BCUT2D eigenvalue weighted by atomic mass is 9.99. The van der Waals surface area contributed by atoms with E-state index >= 15 is 0 Å². The van der Waals surface area contributed by atoms with E-state index < -0.39 is 6.04 Å². The number of halogens is 1. The first-order chi connectivity index (χ1) is 14.8. The fraction of sp³-hybridized carbons (Fsp3) is 0.440. The SMILES string of the molecule is CNC(C)C(=O)NC1CCc2ccccc2N(Cc2cc(C(C)C)ccc2OC)C1=O.Cl. The molecule has 0 fully saturated rings. The van der Waals surface area contributed by atoms with Crippen molar-refractivity contribution in [2.45, 2.75) is 58.2 Å². The smallest absolute Gasteiger partial charge is 0.249 e. The molecule has 1 heterocycles. The Morgan fingerprint density at radius 3 is 2.56 bits per heavy atom. The lowest BCUT2D eigenvalue weighted by Gasteiger charge is -2.28. The second kappa shape index (κ2) is 11.3. The molecule has 3 rings (SSSR count). The summed E-state index contributed by atoms with van der Waals surface area (Å²) in [7, 11) is 3.38. The molecule has 2 atom stereocenters. The number of nitrogens with zero attached hydrogens (tertiary/aromatic N) is 1. The summed E-state index contributed by atoms with van der Waals surface area (Å²) in [6.07, 6.45) is 1.29. The number of hydrogen-bond donors (Lipinski definition) is 2. The van der Waals surface area contributed by atoms with E-state index in [1.165, 1.54) is 5.56 Å². The van der Waals surface area contributed by atoms with E-state index in [9.17, 15) is 9.59 Å². The van der Waals surface area contributed by atoms with E-state index in [1.807, 2.05) is 24.3 Å². The van der Waals surface area contributed by atoms with Gasteiger partial charge in [0.05, 0.1) is 19.7 Å². The Balaban J connectivity index is 0.00000363. The van der Waals surface area contributed by atoms with Crippen LogP contribution in [0.25, 0.3) is 0 Å². The van der Waals surface area contributed by atoms with Crippen LogP contribution in [-0.4, -0.2) is 38.1 Å². The number of para-hydroxylation sites is 1. The molecule has 32 heavy (non-hydrogen) atoms. The predicted octanol–water partition coefficient (Wildman–Crippen LogP) is 3.81. The van der Waals surface area contributed by atoms with Crippen LogP contribution in [0.4, 0.5) is 5.69 Å². The normalized spacial score (nSPS) is 16.6. The van der Waals surface area contributed by atoms with Gasteiger partial charge in [-0.15, -0.1) is 12.4 Å². The van der Waals surface area contributed by atoms with Gasteiger partial charge in [0.2, 0.25) is 11.8 Å². The van der Waals surface area contributed by atoms with Gasteiger partial charge in [0.25, 0.3) is 0 Å². The van der Waals surface area contributed by atoms with Gasteiger partial charge in [-0.05, 0) is 56.0 Å². The average molecular weight is 460 g/mol. The van der Waals surface area contributed by atoms with Gasteiger partial charge in [-0.1, -0.05) is 44.2 Å². The highest BCUT2D eigenvalue weighted by Gasteiger charge is 2.32. The Bertz CT molecular complexity index is 948. The number of amides is 2. The van der Waals surface area contributed by atoms with Gasteiger partial charge >= 0.3 is 0 Å². The zero-order chi connectivity index (χ0) is 22.5. The Labute approximate surface area is 197 Å². The van der Waals surface area contributed by atoms with Gasteiger partial charge in [-0.2, -0.15) is 0 Å². The number of hydrogen-bond acceptors (Lipinski definition) is 4. The minimum Gasteiger partial charge on any atom is -0.496 e. The molecular formula is C25H34ClN3O3. The van der Waals surface area contributed by atoms with Crippen LogP contribution >= 0.6 is 12.4 Å². The number of likely N-dealkylation sites (N-methyl/N-ethyl adjacent to an activating group) is 1. The summed E-state index contributed by atoms with van der Waals surface area (Å²) in [4.78, 5) is 27.9. The summed E-state index contributed by atoms with van der Waals surface area (Å²) in [5.74, 6) is 0.847. The van der Waals surface area contributed by atoms with E-state index in [1.54, 1.807) is 26.0 Å². The third-order valence-corrected chi connectivity index (χ3v) is 5.99. The highest BCUT2D eigenvalue weighted by Crippen LogP contribution is 2.32. The quantitative estimate of drug-likeness (QED) is 0.660. The largest absolute Gasteiger partial charge is 0.496 e. The van der Waals surface area contributed by atoms with E-state index in [4.69, 9.17) is 4.74 Å². The molecule has 0 saturated heterocycles. The number of methoxy groups -OCH3 is 1. The molecular weight excluding hydrogens is 426 g/mol. The standard InChI is InChI=1S/C25H33N3O3.ClH/c1-16(2)19-11-13-23(31-5)20(14-19)15-28-22-9-7-6-8-18(22)10-12-21(25(28)30)27-24(29)17(3)26-4;/h6-9,11,13-14,16-17,21,26H,10,12,15H2,1-5H3,(H,27,29);1H. The number of rotatable bonds is 7. The van der Waals surface area contributed by atoms with E-state index in [0.717, 1.165) is 29.0 Å². The Morgan fingerprint density at radius 1 is 1.19 bits per heavy atom. The molecule has 1 aliphatic heterocycles. The molecule has 2 N–H and O–H groups in total. The van der Waals surface area contributed by atoms with Crippen molar-refractivity contribution in [2.75, 3.05) is 19.1 Å². The highest BCUT2D eigenvalue weighted by atomic mass is 35.5. The van der Waals surface area contributed by atoms with Crippen LogP contribution in [0.1, 0.15) is 49.8 Å². The number of ether oxygens (including phenoxy) is 1. The molecule has 0 spiro atoms. The molecule has 2 aromatic carbocycles. The maximum atomic E-state index is 13.6. The van der Waals surface area contributed by atoms with Crippen LogP contribution in [-0.2, 0) is 22.6 Å². The average Bonchev–Trinajstić information content (AvgIpc) is 2.90. The predicted molar refractivity (Wildman–Crippen MR) is 131 cm³/mol. The minimum absolute atomic E-state index is 0. The van der Waals surface area contributed by atoms with Gasteiger partial charge in [0.15, 0.2) is 0 Å². The molecule has 7 heteroatoms. The number of nitrogens with one attached hydrogen (secondary N) is 2. The number of carbonyl (C=O) groups is 2. The van der Waals surface area contributed by atoms with Gasteiger partial charge in [-0.25, -0.2) is 0 Å². The van der Waals surface area contributed by atoms with Crippen LogP contribution in [0, 0.1) is 0 Å². The van der Waals surface area contributed by atoms with E-state index in [0.29, 0.717) is 18.9 Å². The van der Waals surface area contributed by atoms with Crippen molar-refractivity contribution in [2.24, 2.45) is 0 Å². The Kier molecular flexibility index (Phi) is 9.10. The minimum atomic E-state index is -0.574. The summed E-state index contributed by atoms with van der Waals surface area (Å²) < 4.78 is 5.60. The molecule has 0 saturated carbocycles. The monoisotopic (exact) mass is 459 g/mol. The maximum absolute atomic E-state index is 13.6. The molecule has 0 bridgehead atoms. The van der Waals surface area contributed by atoms with Crippen LogP contribution in [0.3, 0.4) is 0 Å². The van der Waals surface area contributed by atoms with Crippen molar-refractivity contribution >= 4 is 29.9 Å². The number of anilines is 1. The lowest BCUT2D eigenvalue weighted by Crippen LogP contribution is -2.52. The zero-order valence-corrected chi connectivity index (χ0v) is 20.3. The van der Waals surface area contributed by atoms with Gasteiger partial charge in [0, 0.05) is 11.3 Å². The molecule has 0 radical (unpaired) electrons. The van der Waals surface area contributed by atoms with Gasteiger partial charge < -0.3 is 20.3 Å². The second-order valence-electron chi connectivity index (χ2n) is 8.39. The number of fused-ring (bicyclic) bond motifs is 1. The van der Waals surface area contributed by atoms with Crippen LogP contribution in [0.15, 0.2) is 42.5 Å². The van der Waals surface area contributed by atoms with Crippen molar-refractivity contribution in [3.05, 3.63) is 59.2 Å². The van der Waals surface area contributed by atoms with Crippen LogP contribution < -0.4 is 20.3 Å². The fourth-order valence-corrected chi connectivity index (χ4v) is 3.89. The van der Waals surface area contributed by atoms with Gasteiger partial charge in [0.1, 0.15) is 11.8 Å². The number of aryl methyl sites for hydroxylation is 1.